The fourth-order valence-electron chi connectivity index (χ4n) is 4.85. The van der Waals surface area contributed by atoms with Crippen LogP contribution in [0.3, 0.4) is 0 Å². The predicted octanol–water partition coefficient (Wildman–Crippen LogP) is 9.67. The summed E-state index contributed by atoms with van der Waals surface area (Å²) in [5.74, 6) is -8.74. The van der Waals surface area contributed by atoms with E-state index in [1.807, 2.05) is 0 Å². The van der Waals surface area contributed by atoms with E-state index in [9.17, 15) is 35.1 Å². The van der Waals surface area contributed by atoms with Crippen LogP contribution in [0.5, 0.6) is 17.2 Å². The average molecular weight is 667 g/mol. The number of rotatable bonds is 16. The normalized spacial score (nSPS) is 11.5. The molecule has 0 aliphatic heterocycles. The molecule has 0 heterocycles. The second-order valence-corrected chi connectivity index (χ2v) is 11.0. The van der Waals surface area contributed by atoms with Crippen LogP contribution in [0.4, 0.5) is 35.1 Å². The molecule has 0 spiro atoms. The summed E-state index contributed by atoms with van der Waals surface area (Å²) in [6.07, 6.45) is -1.12. The molecule has 4 aromatic carbocycles. The maximum atomic E-state index is 14.6. The van der Waals surface area contributed by atoms with Crippen molar-refractivity contribution in [1.29, 1.82) is 0 Å². The second-order valence-electron chi connectivity index (χ2n) is 11.0. The van der Waals surface area contributed by atoms with Crippen LogP contribution in [0.2, 0.25) is 0 Å². The molecular formula is C36H34F8O3. The van der Waals surface area contributed by atoms with Gasteiger partial charge in [0, 0.05) is 25.0 Å². The number of hydrogen-bond donors (Lipinski definition) is 0. The summed E-state index contributed by atoms with van der Waals surface area (Å²) >= 11 is 0. The van der Waals surface area contributed by atoms with E-state index in [-0.39, 0.29) is 77.4 Å². The fraction of sp³-hybridized carbons (Fsp3) is 0.333. The first kappa shape index (κ1) is 35.6. The SMILES string of the molecule is CCOc1ccc(CCc2ccc(OCCC(F)(F)CCOc3ccc(CCc4ccc(C)c(F)c4F)c(F)c3)cc2F)c(F)c1F. The minimum absolute atomic E-state index is 0.0227. The largest absolute Gasteiger partial charge is 0.493 e. The third-order valence-electron chi connectivity index (χ3n) is 7.63. The van der Waals surface area contributed by atoms with Crippen LogP contribution >= 0.6 is 0 Å². The van der Waals surface area contributed by atoms with Crippen LogP contribution in [0.1, 0.15) is 47.6 Å². The minimum atomic E-state index is -3.19. The molecule has 4 rings (SSSR count). The average Bonchev–Trinajstić information content (AvgIpc) is 3.03. The summed E-state index contributed by atoms with van der Waals surface area (Å²) < 4.78 is 130. The van der Waals surface area contributed by atoms with Gasteiger partial charge in [0.15, 0.2) is 23.2 Å². The molecule has 0 saturated carbocycles. The molecule has 0 N–H and O–H groups in total. The van der Waals surface area contributed by atoms with Crippen molar-refractivity contribution in [1.82, 2.24) is 0 Å². The fourth-order valence-corrected chi connectivity index (χ4v) is 4.85. The first-order valence-electron chi connectivity index (χ1n) is 15.1. The van der Waals surface area contributed by atoms with Gasteiger partial charge in [-0.1, -0.05) is 30.3 Å². The van der Waals surface area contributed by atoms with Crippen LogP contribution in [0, 0.1) is 41.8 Å². The number of alkyl halides is 2. The molecule has 4 aromatic rings. The zero-order valence-electron chi connectivity index (χ0n) is 25.9. The first-order valence-corrected chi connectivity index (χ1v) is 15.1. The van der Waals surface area contributed by atoms with Gasteiger partial charge in [-0.15, -0.1) is 0 Å². The van der Waals surface area contributed by atoms with Gasteiger partial charge < -0.3 is 14.2 Å². The Morgan fingerprint density at radius 2 is 0.979 bits per heavy atom. The van der Waals surface area contributed by atoms with Gasteiger partial charge in [-0.05, 0) is 85.5 Å². The lowest BCUT2D eigenvalue weighted by Gasteiger charge is -2.17. The molecule has 0 unspecified atom stereocenters. The van der Waals surface area contributed by atoms with Crippen LogP contribution in [0.25, 0.3) is 0 Å². The highest BCUT2D eigenvalue weighted by molar-refractivity contribution is 5.34. The highest BCUT2D eigenvalue weighted by Gasteiger charge is 2.29. The molecule has 3 nitrogen and oxygen atoms in total. The standard InChI is InChI=1S/C36H34F8O3/c1-3-45-31-15-12-26(34(41)35(31)42)9-7-24-11-14-28(21-30(24)38)47-19-17-36(43,44)16-18-46-27-13-10-23(29(37)20-27)6-8-25-5-4-22(2)32(39)33(25)40/h4-5,10-15,20-21H,3,6-9,16-19H2,1-2H3. The molecule has 47 heavy (non-hydrogen) atoms. The van der Waals surface area contributed by atoms with Crippen molar-refractivity contribution in [3.63, 3.8) is 0 Å². The quantitative estimate of drug-likeness (QED) is 0.112. The number of halogens is 8. The summed E-state index contributed by atoms with van der Waals surface area (Å²) in [4.78, 5) is 0. The molecule has 0 radical (unpaired) electrons. The van der Waals surface area contributed by atoms with Crippen LogP contribution < -0.4 is 14.2 Å². The third-order valence-corrected chi connectivity index (χ3v) is 7.63. The summed E-state index contributed by atoms with van der Waals surface area (Å²) in [6.45, 7) is 2.42. The number of ether oxygens (including phenoxy) is 3. The van der Waals surface area contributed by atoms with E-state index in [2.05, 4.69) is 0 Å². The summed E-state index contributed by atoms with van der Waals surface area (Å²) in [6, 6.07) is 13.3. The Kier molecular flexibility index (Phi) is 12.1. The molecule has 0 aliphatic carbocycles. The molecule has 0 atom stereocenters. The van der Waals surface area contributed by atoms with Crippen molar-refractivity contribution in [2.45, 2.75) is 58.3 Å². The number of hydrogen-bond acceptors (Lipinski definition) is 3. The lowest BCUT2D eigenvalue weighted by Crippen LogP contribution is -2.23. The first-order chi connectivity index (χ1) is 22.4. The van der Waals surface area contributed by atoms with Gasteiger partial charge in [-0.2, -0.15) is 4.39 Å². The van der Waals surface area contributed by atoms with Gasteiger partial charge in [-0.3, -0.25) is 0 Å². The molecule has 0 aliphatic rings. The van der Waals surface area contributed by atoms with Crippen molar-refractivity contribution in [3.05, 3.63) is 123 Å². The van der Waals surface area contributed by atoms with Gasteiger partial charge in [0.25, 0.3) is 5.92 Å². The molecular weight excluding hydrogens is 632 g/mol. The summed E-state index contributed by atoms with van der Waals surface area (Å²) in [5, 5.41) is 0. The highest BCUT2D eigenvalue weighted by Crippen LogP contribution is 2.27. The molecule has 252 valence electrons. The van der Waals surface area contributed by atoms with E-state index >= 15 is 0 Å². The number of benzene rings is 4. The van der Waals surface area contributed by atoms with Crippen molar-refractivity contribution in [2.75, 3.05) is 19.8 Å². The smallest absolute Gasteiger partial charge is 0.254 e. The maximum Gasteiger partial charge on any atom is 0.254 e. The summed E-state index contributed by atoms with van der Waals surface area (Å²) in [7, 11) is 0. The zero-order valence-corrected chi connectivity index (χ0v) is 25.9. The second kappa shape index (κ2) is 16.0. The van der Waals surface area contributed by atoms with E-state index in [0.29, 0.717) is 0 Å². The van der Waals surface area contributed by atoms with Crippen LogP contribution in [-0.2, 0) is 25.7 Å². The lowest BCUT2D eigenvalue weighted by atomic mass is 10.0. The Balaban J connectivity index is 1.20. The Morgan fingerprint density at radius 1 is 0.532 bits per heavy atom. The van der Waals surface area contributed by atoms with E-state index in [1.54, 1.807) is 6.92 Å². The molecule has 11 heteroatoms. The lowest BCUT2D eigenvalue weighted by molar-refractivity contribution is -0.0355. The van der Waals surface area contributed by atoms with Gasteiger partial charge in [0.2, 0.25) is 5.82 Å². The van der Waals surface area contributed by atoms with Crippen molar-refractivity contribution < 1.29 is 49.3 Å². The molecule has 0 fully saturated rings. The third kappa shape index (κ3) is 9.62. The molecule has 0 amide bonds. The monoisotopic (exact) mass is 666 g/mol. The molecule has 0 saturated heterocycles. The minimum Gasteiger partial charge on any atom is -0.493 e. The molecule has 0 bridgehead atoms. The van der Waals surface area contributed by atoms with Crippen molar-refractivity contribution in [2.24, 2.45) is 0 Å². The Hall–Kier alpha value is -4.28. The van der Waals surface area contributed by atoms with Gasteiger partial charge >= 0.3 is 0 Å². The Bertz CT molecular complexity index is 1680. The van der Waals surface area contributed by atoms with E-state index in [4.69, 9.17) is 14.2 Å². The van der Waals surface area contributed by atoms with Gasteiger partial charge in [0.1, 0.15) is 23.1 Å². The molecule has 0 aromatic heterocycles. The van der Waals surface area contributed by atoms with E-state index in [0.717, 1.165) is 12.1 Å². The highest BCUT2D eigenvalue weighted by atomic mass is 19.3. The maximum absolute atomic E-state index is 14.6. The summed E-state index contributed by atoms with van der Waals surface area (Å²) in [5.41, 5.74) is 0.806. The van der Waals surface area contributed by atoms with Gasteiger partial charge in [-0.25, -0.2) is 30.7 Å². The van der Waals surface area contributed by atoms with Crippen LogP contribution in [-0.4, -0.2) is 25.7 Å². The topological polar surface area (TPSA) is 27.7 Å². The van der Waals surface area contributed by atoms with E-state index in [1.165, 1.54) is 55.5 Å². The Labute approximate surface area is 268 Å². The van der Waals surface area contributed by atoms with Crippen LogP contribution in [0.15, 0.2) is 60.7 Å². The Morgan fingerprint density at radius 3 is 1.47 bits per heavy atom. The number of aryl methyl sites for hydroxylation is 5. The zero-order chi connectivity index (χ0) is 34.1. The van der Waals surface area contributed by atoms with Crippen molar-refractivity contribution in [3.8, 4) is 17.2 Å². The predicted molar refractivity (Wildman–Crippen MR) is 161 cm³/mol. The van der Waals surface area contributed by atoms with E-state index < -0.39 is 66.9 Å². The van der Waals surface area contributed by atoms with Gasteiger partial charge in [0.05, 0.1) is 19.8 Å². The van der Waals surface area contributed by atoms with Crippen molar-refractivity contribution >= 4 is 0 Å².